The van der Waals surface area contributed by atoms with Crippen molar-refractivity contribution in [2.75, 3.05) is 0 Å². The van der Waals surface area contributed by atoms with Crippen LogP contribution in [0.2, 0.25) is 0 Å². The minimum atomic E-state index is 0.586. The fraction of sp³-hybridized carbons (Fsp3) is 0.200. The van der Waals surface area contributed by atoms with Crippen LogP contribution in [0.5, 0.6) is 0 Å². The summed E-state index contributed by atoms with van der Waals surface area (Å²) < 4.78 is 3.44. The lowest BCUT2D eigenvalue weighted by molar-refractivity contribution is 0.770. The van der Waals surface area contributed by atoms with Crippen LogP contribution in [0.25, 0.3) is 11.6 Å². The highest BCUT2D eigenvalue weighted by Crippen LogP contribution is 2.09. The number of fused-ring (bicyclic) bond motifs is 1. The van der Waals surface area contributed by atoms with Crippen LogP contribution >= 0.6 is 0 Å². The van der Waals surface area contributed by atoms with E-state index in [-0.39, 0.29) is 0 Å². The Hall–Kier alpha value is -2.24. The second-order valence-electron chi connectivity index (χ2n) is 3.63. The van der Waals surface area contributed by atoms with Gasteiger partial charge in [0.1, 0.15) is 6.33 Å². The molecule has 6 nitrogen and oxygen atoms in total. The van der Waals surface area contributed by atoms with Crippen molar-refractivity contribution in [3.63, 3.8) is 0 Å². The summed E-state index contributed by atoms with van der Waals surface area (Å²) in [4.78, 5) is 8.35. The number of nitrogens with zero attached hydrogens (tertiary/aromatic N) is 6. The number of rotatable bonds is 1. The summed E-state index contributed by atoms with van der Waals surface area (Å²) in [6.07, 6.45) is 3.38. The highest BCUT2D eigenvalue weighted by molar-refractivity contribution is 5.36. The van der Waals surface area contributed by atoms with Crippen LogP contribution in [0.4, 0.5) is 0 Å². The van der Waals surface area contributed by atoms with E-state index in [1.54, 1.807) is 9.20 Å². The van der Waals surface area contributed by atoms with Crippen LogP contribution in [0, 0.1) is 13.8 Å². The fourth-order valence-electron chi connectivity index (χ4n) is 1.62. The van der Waals surface area contributed by atoms with Gasteiger partial charge in [-0.15, -0.1) is 0 Å². The van der Waals surface area contributed by atoms with Gasteiger partial charge >= 0.3 is 0 Å². The van der Waals surface area contributed by atoms with Gasteiger partial charge < -0.3 is 0 Å². The van der Waals surface area contributed by atoms with Crippen LogP contribution in [-0.2, 0) is 0 Å². The highest BCUT2D eigenvalue weighted by Gasteiger charge is 2.07. The van der Waals surface area contributed by atoms with Crippen molar-refractivity contribution in [3.8, 4) is 5.82 Å². The zero-order chi connectivity index (χ0) is 11.1. The summed E-state index contributed by atoms with van der Waals surface area (Å²) in [5, 5.41) is 8.48. The second-order valence-corrected chi connectivity index (χ2v) is 3.63. The molecule has 0 saturated heterocycles. The summed E-state index contributed by atoms with van der Waals surface area (Å²) >= 11 is 0. The predicted molar refractivity (Wildman–Crippen MR) is 57.4 cm³/mol. The van der Waals surface area contributed by atoms with E-state index >= 15 is 0 Å². The van der Waals surface area contributed by atoms with Crippen molar-refractivity contribution in [1.82, 2.24) is 29.4 Å². The molecule has 3 aromatic heterocycles. The fourth-order valence-corrected chi connectivity index (χ4v) is 1.62. The summed E-state index contributed by atoms with van der Waals surface area (Å²) in [5.41, 5.74) is 1.85. The Balaban J connectivity index is 2.33. The Morgan fingerprint density at radius 3 is 2.81 bits per heavy atom. The molecule has 0 amide bonds. The Morgan fingerprint density at radius 2 is 2.06 bits per heavy atom. The van der Waals surface area contributed by atoms with Crippen LogP contribution in [0.3, 0.4) is 0 Å². The van der Waals surface area contributed by atoms with Gasteiger partial charge in [0.15, 0.2) is 5.82 Å². The average molecular weight is 214 g/mol. The van der Waals surface area contributed by atoms with Gasteiger partial charge in [0.25, 0.3) is 5.78 Å². The van der Waals surface area contributed by atoms with Crippen molar-refractivity contribution >= 4 is 5.78 Å². The van der Waals surface area contributed by atoms with E-state index < -0.39 is 0 Å². The molecule has 80 valence electrons. The molecule has 0 aliphatic heterocycles. The van der Waals surface area contributed by atoms with Crippen molar-refractivity contribution in [1.29, 1.82) is 0 Å². The van der Waals surface area contributed by atoms with E-state index in [1.807, 2.05) is 32.2 Å². The first-order valence-electron chi connectivity index (χ1n) is 4.94. The Morgan fingerprint density at radius 1 is 1.19 bits per heavy atom. The smallest absolute Gasteiger partial charge is 0.222 e. The average Bonchev–Trinajstić information content (AvgIpc) is 2.84. The van der Waals surface area contributed by atoms with Gasteiger partial charge in [0.2, 0.25) is 0 Å². The topological polar surface area (TPSA) is 60.9 Å². The number of aryl methyl sites for hydroxylation is 2. The molecule has 0 aliphatic carbocycles. The predicted octanol–water partition coefficient (Wildman–Crippen LogP) is 0.927. The van der Waals surface area contributed by atoms with Crippen molar-refractivity contribution in [2.24, 2.45) is 0 Å². The van der Waals surface area contributed by atoms with Gasteiger partial charge in [-0.1, -0.05) is 0 Å². The van der Waals surface area contributed by atoms with E-state index in [9.17, 15) is 0 Å². The molecule has 0 bridgehead atoms. The lowest BCUT2D eigenvalue weighted by Crippen LogP contribution is -2.06. The highest BCUT2D eigenvalue weighted by atomic mass is 15.4. The molecule has 3 rings (SSSR count). The van der Waals surface area contributed by atoms with Crippen LogP contribution in [0.1, 0.15) is 11.4 Å². The third-order valence-corrected chi connectivity index (χ3v) is 2.32. The maximum Gasteiger partial charge on any atom is 0.254 e. The first-order valence-corrected chi connectivity index (χ1v) is 4.94. The number of hydrogen-bond donors (Lipinski definition) is 0. The molecule has 0 spiro atoms. The maximum absolute atomic E-state index is 4.35. The van der Waals surface area contributed by atoms with Gasteiger partial charge in [-0.05, 0) is 19.9 Å². The molecule has 0 saturated carbocycles. The molecule has 0 unspecified atom stereocenters. The van der Waals surface area contributed by atoms with E-state index in [2.05, 4.69) is 20.2 Å². The molecule has 0 aliphatic rings. The van der Waals surface area contributed by atoms with Gasteiger partial charge in [-0.2, -0.15) is 19.7 Å². The molecular formula is C10H10N6. The number of aromatic nitrogens is 6. The van der Waals surface area contributed by atoms with E-state index in [0.717, 1.165) is 17.2 Å². The molecule has 0 aromatic carbocycles. The van der Waals surface area contributed by atoms with Crippen LogP contribution in [-0.4, -0.2) is 29.4 Å². The maximum atomic E-state index is 4.35. The molecule has 0 N–H and O–H groups in total. The largest absolute Gasteiger partial charge is 0.254 e. The van der Waals surface area contributed by atoms with E-state index in [0.29, 0.717) is 5.78 Å². The van der Waals surface area contributed by atoms with Crippen molar-refractivity contribution in [2.45, 2.75) is 13.8 Å². The first kappa shape index (κ1) is 9.02. The first-order chi connectivity index (χ1) is 7.74. The summed E-state index contributed by atoms with van der Waals surface area (Å²) in [7, 11) is 0. The quantitative estimate of drug-likeness (QED) is 0.604. The Bertz CT molecular complexity index is 650. The molecular weight excluding hydrogens is 204 g/mol. The standard InChI is InChI=1S/C10H10N6/c1-7-3-4-15(14-7)9-5-8(2)13-10-11-6-12-16(9)10/h3-6H,1-2H3. The second kappa shape index (κ2) is 3.13. The van der Waals surface area contributed by atoms with Crippen molar-refractivity contribution in [3.05, 3.63) is 36.0 Å². The Kier molecular flexibility index (Phi) is 1.76. The van der Waals surface area contributed by atoms with Crippen molar-refractivity contribution < 1.29 is 0 Å². The third kappa shape index (κ3) is 1.27. The minimum Gasteiger partial charge on any atom is -0.222 e. The Labute approximate surface area is 91.6 Å². The van der Waals surface area contributed by atoms with E-state index in [1.165, 1.54) is 6.33 Å². The minimum absolute atomic E-state index is 0.586. The monoisotopic (exact) mass is 214 g/mol. The van der Waals surface area contributed by atoms with Crippen LogP contribution < -0.4 is 0 Å². The molecule has 0 radical (unpaired) electrons. The summed E-state index contributed by atoms with van der Waals surface area (Å²) in [6, 6.07) is 3.87. The molecule has 6 heteroatoms. The lowest BCUT2D eigenvalue weighted by atomic mass is 10.4. The molecule has 3 heterocycles. The normalized spacial score (nSPS) is 11.1. The summed E-state index contributed by atoms with van der Waals surface area (Å²) in [6.45, 7) is 3.87. The van der Waals surface area contributed by atoms with Gasteiger partial charge in [0.05, 0.1) is 5.69 Å². The van der Waals surface area contributed by atoms with Gasteiger partial charge in [0, 0.05) is 18.0 Å². The molecule has 3 aromatic rings. The SMILES string of the molecule is Cc1cc(-n2ccc(C)n2)n2ncnc2n1. The van der Waals surface area contributed by atoms with E-state index in [4.69, 9.17) is 0 Å². The zero-order valence-corrected chi connectivity index (χ0v) is 8.99. The molecule has 0 fully saturated rings. The molecule has 16 heavy (non-hydrogen) atoms. The molecule has 0 atom stereocenters. The van der Waals surface area contributed by atoms with Crippen LogP contribution in [0.15, 0.2) is 24.7 Å². The summed E-state index contributed by atoms with van der Waals surface area (Å²) in [5.74, 6) is 1.43. The van der Waals surface area contributed by atoms with Gasteiger partial charge in [-0.25, -0.2) is 9.67 Å². The number of hydrogen-bond acceptors (Lipinski definition) is 4. The lowest BCUT2D eigenvalue weighted by Gasteiger charge is -2.04. The third-order valence-electron chi connectivity index (χ3n) is 2.32. The zero-order valence-electron chi connectivity index (χ0n) is 8.99. The van der Waals surface area contributed by atoms with Gasteiger partial charge in [-0.3, -0.25) is 0 Å².